The molecule has 1 fully saturated rings. The zero-order valence-electron chi connectivity index (χ0n) is 23.7. The number of carbonyl (C=O) groups is 2. The van der Waals surface area contributed by atoms with Gasteiger partial charge in [0.1, 0.15) is 0 Å². The lowest BCUT2D eigenvalue weighted by Crippen LogP contribution is -2.37. The molecule has 1 aromatic heterocycles. The van der Waals surface area contributed by atoms with Crippen LogP contribution in [0.1, 0.15) is 112 Å². The molecule has 0 N–H and O–H groups in total. The Hall–Kier alpha value is -2.60. The van der Waals surface area contributed by atoms with Crippen LogP contribution in [0.15, 0.2) is 36.5 Å². The summed E-state index contributed by atoms with van der Waals surface area (Å²) >= 11 is 0. The average Bonchev–Trinajstić information content (AvgIpc) is 3.37. The van der Waals surface area contributed by atoms with Gasteiger partial charge in [-0.2, -0.15) is 0 Å². The fraction of sp³-hybridized carbons (Fsp3) is 0.625. The van der Waals surface area contributed by atoms with Crippen molar-refractivity contribution in [2.24, 2.45) is 0 Å². The van der Waals surface area contributed by atoms with Crippen LogP contribution in [0.3, 0.4) is 0 Å². The van der Waals surface area contributed by atoms with Crippen LogP contribution in [0.2, 0.25) is 0 Å². The van der Waals surface area contributed by atoms with Gasteiger partial charge in [-0.3, -0.25) is 9.36 Å². The Morgan fingerprint density at radius 1 is 0.816 bits per heavy atom. The molecule has 1 aromatic carbocycles. The van der Waals surface area contributed by atoms with E-state index >= 15 is 0 Å². The molecule has 0 spiro atoms. The summed E-state index contributed by atoms with van der Waals surface area (Å²) in [6.07, 6.45) is 18.7. The summed E-state index contributed by atoms with van der Waals surface area (Å²) in [6.45, 7) is 4.78. The number of unbranched alkanes of at least 4 members (excludes halogenated alkanes) is 12. The van der Waals surface area contributed by atoms with Crippen molar-refractivity contribution in [2.45, 2.75) is 96.8 Å². The van der Waals surface area contributed by atoms with Gasteiger partial charge >= 0.3 is 5.97 Å². The predicted molar refractivity (Wildman–Crippen MR) is 155 cm³/mol. The van der Waals surface area contributed by atoms with Crippen molar-refractivity contribution in [3.05, 3.63) is 42.2 Å². The van der Waals surface area contributed by atoms with Crippen molar-refractivity contribution in [3.63, 3.8) is 0 Å². The van der Waals surface area contributed by atoms with E-state index in [1.54, 1.807) is 4.57 Å². The Morgan fingerprint density at radius 3 is 1.92 bits per heavy atom. The summed E-state index contributed by atoms with van der Waals surface area (Å²) in [5.74, 6) is -0.530. The second kappa shape index (κ2) is 17.1. The Kier molecular flexibility index (Phi) is 13.5. The fourth-order valence-electron chi connectivity index (χ4n) is 5.34. The van der Waals surface area contributed by atoms with Crippen molar-refractivity contribution in [1.82, 2.24) is 4.57 Å². The molecule has 0 saturated carbocycles. The number of esters is 1. The second-order valence-corrected chi connectivity index (χ2v) is 10.5. The number of hydrogen-bond acceptors (Lipinski definition) is 5. The van der Waals surface area contributed by atoms with Gasteiger partial charge in [0.15, 0.2) is 5.69 Å². The second-order valence-electron chi connectivity index (χ2n) is 10.5. The molecule has 2 heterocycles. The molecule has 0 unspecified atom stereocenters. The van der Waals surface area contributed by atoms with Gasteiger partial charge in [-0.25, -0.2) is 4.79 Å². The highest BCUT2D eigenvalue weighted by Crippen LogP contribution is 2.37. The van der Waals surface area contributed by atoms with Crippen molar-refractivity contribution in [1.29, 1.82) is 0 Å². The number of ether oxygens (including phenoxy) is 2. The fourth-order valence-corrected chi connectivity index (χ4v) is 5.34. The Labute approximate surface area is 229 Å². The largest absolute Gasteiger partial charge is 0.464 e. The standard InChI is InChI=1S/C32H48N2O4/c1-3-4-5-6-7-8-9-10-11-12-13-14-18-21-29(35)34-26-28(27-19-16-15-17-20-27)30(31(34)32(36)37-2)33-22-24-38-25-23-33/h15-17,19-20,26H,3-14,18,21-25H2,1-2H3. The molecule has 0 bridgehead atoms. The third-order valence-corrected chi connectivity index (χ3v) is 7.53. The van der Waals surface area contributed by atoms with Crippen molar-refractivity contribution in [3.8, 4) is 11.1 Å². The average molecular weight is 525 g/mol. The van der Waals surface area contributed by atoms with E-state index in [0.717, 1.165) is 36.1 Å². The highest BCUT2D eigenvalue weighted by atomic mass is 16.5. The maximum atomic E-state index is 13.4. The summed E-state index contributed by atoms with van der Waals surface area (Å²) in [4.78, 5) is 28.5. The number of nitrogens with zero attached hydrogens (tertiary/aromatic N) is 2. The first-order valence-electron chi connectivity index (χ1n) is 14.9. The van der Waals surface area contributed by atoms with Gasteiger partial charge in [0.25, 0.3) is 0 Å². The molecule has 0 radical (unpaired) electrons. The minimum Gasteiger partial charge on any atom is -0.464 e. The third-order valence-electron chi connectivity index (χ3n) is 7.53. The maximum absolute atomic E-state index is 13.4. The lowest BCUT2D eigenvalue weighted by Gasteiger charge is -2.30. The van der Waals surface area contributed by atoms with Gasteiger partial charge in [-0.15, -0.1) is 0 Å². The van der Waals surface area contributed by atoms with Crippen molar-refractivity contribution in [2.75, 3.05) is 38.3 Å². The summed E-state index contributed by atoms with van der Waals surface area (Å²) in [5.41, 5.74) is 2.95. The molecular weight excluding hydrogens is 476 g/mol. The van der Waals surface area contributed by atoms with Crippen molar-refractivity contribution < 1.29 is 19.1 Å². The van der Waals surface area contributed by atoms with Crippen LogP contribution in [0.25, 0.3) is 11.1 Å². The van der Waals surface area contributed by atoms with Crippen molar-refractivity contribution >= 4 is 17.6 Å². The van der Waals surface area contributed by atoms with E-state index in [1.165, 1.54) is 71.3 Å². The van der Waals surface area contributed by atoms with Gasteiger partial charge in [-0.05, 0) is 12.0 Å². The summed E-state index contributed by atoms with van der Waals surface area (Å²) < 4.78 is 12.2. The minimum absolute atomic E-state index is 0.0508. The van der Waals surface area contributed by atoms with E-state index in [4.69, 9.17) is 9.47 Å². The minimum atomic E-state index is -0.479. The van der Waals surface area contributed by atoms with Crippen LogP contribution < -0.4 is 4.90 Å². The lowest BCUT2D eigenvalue weighted by molar-refractivity contribution is 0.0580. The smallest absolute Gasteiger partial charge is 0.357 e. The highest BCUT2D eigenvalue weighted by molar-refractivity contribution is 6.04. The summed E-state index contributed by atoms with van der Waals surface area (Å²) in [6, 6.07) is 9.95. The molecule has 0 amide bonds. The third kappa shape index (κ3) is 9.00. The maximum Gasteiger partial charge on any atom is 0.357 e. The number of carbonyl (C=O) groups excluding carboxylic acids is 2. The number of aromatic nitrogens is 1. The molecular formula is C32H48N2O4. The zero-order valence-corrected chi connectivity index (χ0v) is 23.7. The predicted octanol–water partition coefficient (Wildman–Crippen LogP) is 7.90. The number of methoxy groups -OCH3 is 1. The molecule has 6 heteroatoms. The molecule has 6 nitrogen and oxygen atoms in total. The molecule has 2 aromatic rings. The molecule has 1 saturated heterocycles. The van der Waals surface area contributed by atoms with Crippen LogP contribution in [0.4, 0.5) is 5.69 Å². The van der Waals surface area contributed by atoms with Gasteiger partial charge in [0, 0.05) is 31.3 Å². The first-order valence-corrected chi connectivity index (χ1v) is 14.9. The summed E-state index contributed by atoms with van der Waals surface area (Å²) in [7, 11) is 1.38. The normalized spacial score (nSPS) is 13.6. The Bertz CT molecular complexity index is 963. The number of hydrogen-bond donors (Lipinski definition) is 0. The number of rotatable bonds is 17. The molecule has 0 atom stereocenters. The number of benzene rings is 1. The molecule has 3 rings (SSSR count). The van der Waals surface area contributed by atoms with Crippen LogP contribution in [-0.4, -0.2) is 49.9 Å². The van der Waals surface area contributed by atoms with E-state index in [-0.39, 0.29) is 5.91 Å². The quantitative estimate of drug-likeness (QED) is 0.155. The summed E-state index contributed by atoms with van der Waals surface area (Å²) in [5, 5.41) is 0. The first kappa shape index (κ1) is 29.9. The monoisotopic (exact) mass is 524 g/mol. The number of anilines is 1. The molecule has 1 aliphatic rings. The van der Waals surface area contributed by atoms with Crippen LogP contribution in [0.5, 0.6) is 0 Å². The topological polar surface area (TPSA) is 60.8 Å². The van der Waals surface area contributed by atoms with E-state index in [0.29, 0.717) is 38.4 Å². The van der Waals surface area contributed by atoms with E-state index in [9.17, 15) is 9.59 Å². The van der Waals surface area contributed by atoms with Gasteiger partial charge in [0.05, 0.1) is 26.0 Å². The zero-order chi connectivity index (χ0) is 27.0. The molecule has 38 heavy (non-hydrogen) atoms. The first-order chi connectivity index (χ1) is 18.7. The SMILES string of the molecule is CCCCCCCCCCCCCCCC(=O)n1cc(-c2ccccc2)c(N2CCOCC2)c1C(=O)OC. The lowest BCUT2D eigenvalue weighted by atomic mass is 10.0. The van der Waals surface area contributed by atoms with Crippen LogP contribution in [0, 0.1) is 0 Å². The highest BCUT2D eigenvalue weighted by Gasteiger charge is 2.30. The molecule has 1 aliphatic heterocycles. The van der Waals surface area contributed by atoms with Crippen LogP contribution in [-0.2, 0) is 9.47 Å². The molecule has 210 valence electrons. The Balaban J connectivity index is 1.55. The Morgan fingerprint density at radius 2 is 1.37 bits per heavy atom. The van der Waals surface area contributed by atoms with Gasteiger partial charge in [0.2, 0.25) is 5.91 Å². The van der Waals surface area contributed by atoms with E-state index < -0.39 is 5.97 Å². The van der Waals surface area contributed by atoms with Gasteiger partial charge < -0.3 is 14.4 Å². The molecule has 0 aliphatic carbocycles. The van der Waals surface area contributed by atoms with Gasteiger partial charge in [-0.1, -0.05) is 114 Å². The van der Waals surface area contributed by atoms with E-state index in [1.807, 2.05) is 36.5 Å². The number of morpholine rings is 1. The van der Waals surface area contributed by atoms with Crippen LogP contribution >= 0.6 is 0 Å². The van der Waals surface area contributed by atoms with E-state index in [2.05, 4.69) is 11.8 Å².